The highest BCUT2D eigenvalue weighted by molar-refractivity contribution is 6.33. The largest absolute Gasteiger partial charge is 0.478 e. The van der Waals surface area contributed by atoms with Crippen LogP contribution in [0.2, 0.25) is 15.1 Å². The van der Waals surface area contributed by atoms with Gasteiger partial charge in [-0.25, -0.2) is 13.6 Å². The number of carboxylic acid groups (broad SMARTS) is 1. The van der Waals surface area contributed by atoms with Crippen molar-refractivity contribution in [3.05, 3.63) is 98.5 Å². The summed E-state index contributed by atoms with van der Waals surface area (Å²) >= 11 is 16.9. The molecule has 11 heteroatoms. The maximum Gasteiger partial charge on any atom is 0.337 e. The van der Waals surface area contributed by atoms with Gasteiger partial charge in [0, 0.05) is 29.2 Å². The van der Waals surface area contributed by atoms with E-state index in [0.717, 1.165) is 6.42 Å². The third kappa shape index (κ3) is 10.6. The normalized spacial score (nSPS) is 17.7. The molecule has 1 amide bonds. The van der Waals surface area contributed by atoms with Crippen molar-refractivity contribution in [2.45, 2.75) is 39.2 Å². The second-order valence-corrected chi connectivity index (χ2v) is 11.6. The number of nitriles is 1. The van der Waals surface area contributed by atoms with Crippen molar-refractivity contribution in [2.24, 2.45) is 11.3 Å². The van der Waals surface area contributed by atoms with E-state index in [4.69, 9.17) is 39.9 Å². The van der Waals surface area contributed by atoms with Gasteiger partial charge in [-0.15, -0.1) is 0 Å². The van der Waals surface area contributed by atoms with E-state index in [9.17, 15) is 23.6 Å². The lowest BCUT2D eigenvalue weighted by molar-refractivity contribution is -0.105. The van der Waals surface area contributed by atoms with Gasteiger partial charge in [0.05, 0.1) is 27.6 Å². The number of carbonyl (C=O) groups excluding carboxylic acids is 1. The van der Waals surface area contributed by atoms with Gasteiger partial charge in [-0.2, -0.15) is 5.26 Å². The van der Waals surface area contributed by atoms with Crippen LogP contribution in [-0.4, -0.2) is 30.1 Å². The molecular weight excluding hydrogens is 595 g/mol. The first kappa shape index (κ1) is 34.0. The van der Waals surface area contributed by atoms with Crippen molar-refractivity contribution in [1.82, 2.24) is 5.32 Å². The van der Waals surface area contributed by atoms with Gasteiger partial charge in [-0.3, -0.25) is 4.79 Å². The molecule has 1 saturated heterocycles. The summed E-state index contributed by atoms with van der Waals surface area (Å²) in [4.78, 5) is 20.6. The molecule has 0 radical (unpaired) electrons. The zero-order valence-corrected chi connectivity index (χ0v) is 24.9. The van der Waals surface area contributed by atoms with Crippen LogP contribution in [0.4, 0.5) is 14.5 Å². The van der Waals surface area contributed by atoms with Crippen molar-refractivity contribution in [3.63, 3.8) is 0 Å². The van der Waals surface area contributed by atoms with E-state index in [0.29, 0.717) is 29.2 Å². The number of hydrogen-bond donors (Lipinski definition) is 3. The molecule has 1 heterocycles. The quantitative estimate of drug-likeness (QED) is 0.248. The highest BCUT2D eigenvalue weighted by Gasteiger charge is 2.39. The van der Waals surface area contributed by atoms with E-state index in [-0.39, 0.29) is 44.7 Å². The molecule has 218 valence electrons. The molecule has 1 aliphatic rings. The summed E-state index contributed by atoms with van der Waals surface area (Å²) in [5, 5.41) is 24.5. The molecule has 6 nitrogen and oxygen atoms in total. The molecular formula is C30H30Cl3F2N3O3. The Hall–Kier alpha value is -3.22. The molecule has 0 bridgehead atoms. The number of anilines is 1. The van der Waals surface area contributed by atoms with E-state index in [2.05, 4.69) is 37.5 Å². The maximum atomic E-state index is 14.2. The number of aromatic carboxylic acids is 1. The Morgan fingerprint density at radius 2 is 1.78 bits per heavy atom. The Balaban J connectivity index is 0.000000239. The molecule has 4 rings (SSSR count). The summed E-state index contributed by atoms with van der Waals surface area (Å²) in [6.45, 7) is 7.07. The fourth-order valence-electron chi connectivity index (χ4n) is 4.27. The summed E-state index contributed by atoms with van der Waals surface area (Å²) in [7, 11) is 0. The topological polar surface area (TPSA) is 102 Å². The van der Waals surface area contributed by atoms with Crippen molar-refractivity contribution >= 4 is 52.9 Å². The second-order valence-electron chi connectivity index (χ2n) is 10.4. The number of nitrogens with zero attached hydrogens (tertiary/aromatic N) is 1. The number of carbonyl (C=O) groups is 2. The Kier molecular flexibility index (Phi) is 13.0. The molecule has 3 aromatic rings. The van der Waals surface area contributed by atoms with Crippen molar-refractivity contribution < 1.29 is 23.5 Å². The number of nitrogens with one attached hydrogen (secondary N) is 2. The molecule has 3 atom stereocenters. The number of hydrogen-bond acceptors (Lipinski definition) is 4. The van der Waals surface area contributed by atoms with E-state index in [1.54, 1.807) is 24.3 Å². The van der Waals surface area contributed by atoms with Crippen LogP contribution in [0.1, 0.15) is 49.0 Å². The SMILES string of the molecule is CC(C)(C)CC1NCC(c2cccc(Cl)c2F)C1C#N.Fc1cccc(Cl)c1.O=CNc1ccc(C(=O)O)c(Cl)c1. The lowest BCUT2D eigenvalue weighted by Gasteiger charge is -2.26. The van der Waals surface area contributed by atoms with Gasteiger partial charge in [0.2, 0.25) is 6.41 Å². The van der Waals surface area contributed by atoms with Crippen molar-refractivity contribution in [3.8, 4) is 6.07 Å². The fourth-order valence-corrected chi connectivity index (χ4v) is 4.89. The van der Waals surface area contributed by atoms with Crippen LogP contribution < -0.4 is 10.6 Å². The van der Waals surface area contributed by atoms with E-state index in [1.807, 2.05) is 0 Å². The average molecular weight is 625 g/mol. The Labute approximate surface area is 253 Å². The smallest absolute Gasteiger partial charge is 0.337 e. The van der Waals surface area contributed by atoms with Crippen LogP contribution in [0, 0.1) is 34.3 Å². The minimum atomic E-state index is -1.09. The predicted molar refractivity (Wildman–Crippen MR) is 159 cm³/mol. The van der Waals surface area contributed by atoms with Gasteiger partial charge in [0.15, 0.2) is 0 Å². The minimum absolute atomic E-state index is 0.0121. The highest BCUT2D eigenvalue weighted by Crippen LogP contribution is 2.38. The van der Waals surface area contributed by atoms with Gasteiger partial charge in [-0.1, -0.05) is 73.8 Å². The second kappa shape index (κ2) is 15.7. The highest BCUT2D eigenvalue weighted by atomic mass is 35.5. The Morgan fingerprint density at radius 1 is 1.10 bits per heavy atom. The number of benzene rings is 3. The molecule has 0 spiro atoms. The van der Waals surface area contributed by atoms with Gasteiger partial charge < -0.3 is 15.7 Å². The zero-order valence-electron chi connectivity index (χ0n) is 22.6. The third-order valence-corrected chi connectivity index (χ3v) is 6.88. The van der Waals surface area contributed by atoms with Crippen LogP contribution in [0.15, 0.2) is 60.7 Å². The lowest BCUT2D eigenvalue weighted by atomic mass is 9.79. The first-order chi connectivity index (χ1) is 19.3. The van der Waals surface area contributed by atoms with Crippen LogP contribution in [0.3, 0.4) is 0 Å². The van der Waals surface area contributed by atoms with Gasteiger partial charge in [-0.05, 0) is 59.9 Å². The Morgan fingerprint density at radius 3 is 2.29 bits per heavy atom. The van der Waals surface area contributed by atoms with Gasteiger partial charge >= 0.3 is 5.97 Å². The van der Waals surface area contributed by atoms with E-state index in [1.165, 1.54) is 36.4 Å². The molecule has 0 aliphatic carbocycles. The zero-order chi connectivity index (χ0) is 30.7. The monoisotopic (exact) mass is 623 g/mol. The molecule has 41 heavy (non-hydrogen) atoms. The number of rotatable bonds is 5. The molecule has 1 aliphatic heterocycles. The first-order valence-electron chi connectivity index (χ1n) is 12.5. The fraction of sp³-hybridized carbons (Fsp3) is 0.300. The van der Waals surface area contributed by atoms with Gasteiger partial charge in [0.1, 0.15) is 11.6 Å². The molecule has 3 aromatic carbocycles. The summed E-state index contributed by atoms with van der Waals surface area (Å²) in [6.07, 6.45) is 1.38. The van der Waals surface area contributed by atoms with Gasteiger partial charge in [0.25, 0.3) is 0 Å². The third-order valence-electron chi connectivity index (χ3n) is 6.04. The maximum absolute atomic E-state index is 14.2. The summed E-state index contributed by atoms with van der Waals surface area (Å²) in [6, 6.07) is 17.5. The Bertz CT molecular complexity index is 1380. The number of halogens is 5. The molecule has 3 N–H and O–H groups in total. The molecule has 0 aromatic heterocycles. The standard InChI is InChI=1S/C16H20ClFN2.C8H6ClNO3.C6H4ClF/c1-16(2,3)7-14-11(8-19)12(9-20-14)10-5-4-6-13(17)15(10)18;9-7-3-5(10-4-11)1-2-6(7)8(12)13;7-5-2-1-3-6(8)4-5/h4-6,11-12,14,20H,7,9H2,1-3H3;1-4H,(H,10,11)(H,12,13);1-4H. The first-order valence-corrected chi connectivity index (χ1v) is 13.6. The molecule has 0 saturated carbocycles. The van der Waals surface area contributed by atoms with E-state index >= 15 is 0 Å². The van der Waals surface area contributed by atoms with Crippen LogP contribution in [-0.2, 0) is 4.79 Å². The average Bonchev–Trinajstić information content (AvgIpc) is 3.27. The molecule has 3 unspecified atom stereocenters. The van der Waals surface area contributed by atoms with E-state index < -0.39 is 11.8 Å². The van der Waals surface area contributed by atoms with Crippen molar-refractivity contribution in [1.29, 1.82) is 5.26 Å². The number of carboxylic acids is 1. The number of amides is 1. The molecule has 1 fully saturated rings. The minimum Gasteiger partial charge on any atom is -0.478 e. The predicted octanol–water partition coefficient (Wildman–Crippen LogP) is 8.20. The summed E-state index contributed by atoms with van der Waals surface area (Å²) in [5.74, 6) is -2.13. The van der Waals surface area contributed by atoms with Crippen molar-refractivity contribution in [2.75, 3.05) is 11.9 Å². The summed E-state index contributed by atoms with van der Waals surface area (Å²) in [5.41, 5.74) is 1.16. The van der Waals surface area contributed by atoms with Crippen LogP contribution in [0.25, 0.3) is 0 Å². The summed E-state index contributed by atoms with van der Waals surface area (Å²) < 4.78 is 26.2. The lowest BCUT2D eigenvalue weighted by Crippen LogP contribution is -2.31. The van der Waals surface area contributed by atoms with Crippen LogP contribution >= 0.6 is 34.8 Å². The van der Waals surface area contributed by atoms with Crippen LogP contribution in [0.5, 0.6) is 0 Å².